The molecule has 2 aromatic rings. The van der Waals surface area contributed by atoms with Crippen molar-refractivity contribution >= 4 is 12.1 Å². The van der Waals surface area contributed by atoms with E-state index in [9.17, 15) is 18.0 Å². The van der Waals surface area contributed by atoms with Gasteiger partial charge >= 0.3 is 6.18 Å². The van der Waals surface area contributed by atoms with Crippen LogP contribution in [0.15, 0.2) is 35.7 Å². The highest BCUT2D eigenvalue weighted by Crippen LogP contribution is 2.39. The molecule has 284 valence electrons. The average Bonchev–Trinajstić information content (AvgIpc) is 3.59. The highest BCUT2D eigenvalue weighted by molar-refractivity contribution is 6.00. The Bertz CT molecular complexity index is 1310. The minimum Gasteiger partial charge on any atom is -0.381 e. The van der Waals surface area contributed by atoms with E-state index in [1.807, 2.05) is 27.9 Å². The number of nitrogens with one attached hydrogen (secondary N) is 2. The third kappa shape index (κ3) is 15.1. The van der Waals surface area contributed by atoms with E-state index in [1.54, 1.807) is 28.8 Å². The number of alkyl halides is 3. The number of carbonyl (C=O) groups excluding carboxylic acids is 1. The SMILES string of the molecule is CCC(C)C(=N)C1=C(C)CCN(C=O)C1.CCCC1CCOCC1.CCCCc1cc(-c2cnn(C(C)C)c2)c(C(F)(F)F)cc1C.CNC. The number of halogens is 3. The number of rotatable bonds is 11. The molecule has 2 aliphatic rings. The minimum absolute atomic E-state index is 0.114. The quantitative estimate of drug-likeness (QED) is 0.180. The first-order valence-electron chi connectivity index (χ1n) is 18.6. The van der Waals surface area contributed by atoms with Crippen molar-refractivity contribution in [1.82, 2.24) is 20.0 Å². The van der Waals surface area contributed by atoms with Crippen molar-refractivity contribution in [2.24, 2.45) is 11.8 Å². The van der Waals surface area contributed by atoms with Gasteiger partial charge in [-0.1, -0.05) is 58.6 Å². The molecule has 0 spiro atoms. The normalized spacial score (nSPS) is 15.7. The van der Waals surface area contributed by atoms with Crippen LogP contribution in [-0.2, 0) is 22.1 Å². The number of amides is 1. The van der Waals surface area contributed by atoms with E-state index in [2.05, 4.69) is 45.0 Å². The molecule has 1 atom stereocenters. The van der Waals surface area contributed by atoms with Gasteiger partial charge in [-0.2, -0.15) is 18.3 Å². The summed E-state index contributed by atoms with van der Waals surface area (Å²) >= 11 is 0. The summed E-state index contributed by atoms with van der Waals surface area (Å²) in [4.78, 5) is 12.5. The third-order valence-corrected chi connectivity index (χ3v) is 9.29. The van der Waals surface area contributed by atoms with Gasteiger partial charge in [0, 0.05) is 49.8 Å². The molecule has 0 bridgehead atoms. The molecule has 1 saturated heterocycles. The molecule has 2 aliphatic heterocycles. The first-order valence-corrected chi connectivity index (χ1v) is 18.6. The standard InChI is InChI=1S/C18H23F3N2.C12H20N2O.C8H16O.C2H7N/c1-5-6-7-14-9-16(15-10-22-23(11-15)12(2)3)17(8-13(14)4)18(19,20)21;1-4-9(2)12(13)11-7-14(8-15)6-5-10(11)3;1-2-3-8-4-6-9-7-5-8;1-3-2/h8-12H,5-7H2,1-4H3;8-9,13H,4-7H2,1-3H3;8H,2-7H2,1H3;3H,1-2H3. The van der Waals surface area contributed by atoms with Gasteiger partial charge in [0.05, 0.1) is 11.8 Å². The molecule has 7 nitrogen and oxygen atoms in total. The van der Waals surface area contributed by atoms with E-state index in [0.717, 1.165) is 75.3 Å². The fourth-order valence-electron chi connectivity index (χ4n) is 5.85. The van der Waals surface area contributed by atoms with Crippen LogP contribution in [0.5, 0.6) is 0 Å². The van der Waals surface area contributed by atoms with Crippen LogP contribution in [0.3, 0.4) is 0 Å². The second-order valence-electron chi connectivity index (χ2n) is 13.9. The van der Waals surface area contributed by atoms with Crippen LogP contribution in [0.25, 0.3) is 11.1 Å². The van der Waals surface area contributed by atoms with Gasteiger partial charge in [0.1, 0.15) is 0 Å². The Hall–Kier alpha value is -2.98. The molecule has 2 N–H and O–H groups in total. The van der Waals surface area contributed by atoms with Gasteiger partial charge in [-0.05, 0) is 120 Å². The Labute approximate surface area is 300 Å². The number of unbranched alkanes of at least 4 members (excludes halogenated alkanes) is 1. The van der Waals surface area contributed by atoms with E-state index < -0.39 is 11.7 Å². The number of benzene rings is 1. The van der Waals surface area contributed by atoms with Crippen LogP contribution in [-0.4, -0.2) is 67.2 Å². The fraction of sp³-hybridized carbons (Fsp3) is 0.675. The zero-order valence-corrected chi connectivity index (χ0v) is 32.6. The number of aryl methyl sites for hydroxylation is 2. The summed E-state index contributed by atoms with van der Waals surface area (Å²) < 4.78 is 47.2. The summed E-state index contributed by atoms with van der Waals surface area (Å²) in [5.74, 6) is 1.27. The molecule has 50 heavy (non-hydrogen) atoms. The molecule has 4 rings (SSSR count). The first kappa shape index (κ1) is 45.0. The van der Waals surface area contributed by atoms with Crippen molar-refractivity contribution in [2.45, 2.75) is 125 Å². The lowest BCUT2D eigenvalue weighted by Gasteiger charge is -2.28. The molecule has 10 heteroatoms. The van der Waals surface area contributed by atoms with E-state index in [1.165, 1.54) is 43.5 Å². The lowest BCUT2D eigenvalue weighted by molar-refractivity contribution is -0.137. The Kier molecular flexibility index (Phi) is 21.2. The molecule has 3 heterocycles. The highest BCUT2D eigenvalue weighted by atomic mass is 19.4. The van der Waals surface area contributed by atoms with E-state index in [4.69, 9.17) is 10.1 Å². The predicted octanol–water partition coefficient (Wildman–Crippen LogP) is 10.1. The van der Waals surface area contributed by atoms with Crippen LogP contribution >= 0.6 is 0 Å². The summed E-state index contributed by atoms with van der Waals surface area (Å²) in [6, 6.07) is 3.07. The number of aromatic nitrogens is 2. The highest BCUT2D eigenvalue weighted by Gasteiger charge is 2.34. The predicted molar refractivity (Wildman–Crippen MR) is 202 cm³/mol. The maximum Gasteiger partial charge on any atom is 0.417 e. The molecule has 1 aromatic carbocycles. The molecule has 1 aromatic heterocycles. The lowest BCUT2D eigenvalue weighted by Crippen LogP contribution is -2.33. The largest absolute Gasteiger partial charge is 0.417 e. The molecular weight excluding hydrogens is 639 g/mol. The lowest BCUT2D eigenvalue weighted by atomic mass is 9.90. The summed E-state index contributed by atoms with van der Waals surface area (Å²) in [7, 11) is 3.75. The fourth-order valence-corrected chi connectivity index (χ4v) is 5.85. The van der Waals surface area contributed by atoms with Crippen molar-refractivity contribution in [3.8, 4) is 11.1 Å². The topological polar surface area (TPSA) is 83.2 Å². The van der Waals surface area contributed by atoms with Gasteiger partial charge < -0.3 is 20.4 Å². The average molecular weight is 706 g/mol. The van der Waals surface area contributed by atoms with E-state index in [-0.39, 0.29) is 11.6 Å². The molecule has 0 aliphatic carbocycles. The molecule has 1 unspecified atom stereocenters. The second kappa shape index (κ2) is 23.5. The van der Waals surface area contributed by atoms with Crippen molar-refractivity contribution in [1.29, 1.82) is 5.41 Å². The minimum atomic E-state index is -4.37. The van der Waals surface area contributed by atoms with Gasteiger partial charge in [0.2, 0.25) is 6.41 Å². The number of ether oxygens (including phenoxy) is 1. The maximum absolute atomic E-state index is 13.4. The summed E-state index contributed by atoms with van der Waals surface area (Å²) in [5, 5.41) is 15.0. The Morgan fingerprint density at radius 2 is 1.74 bits per heavy atom. The van der Waals surface area contributed by atoms with Crippen LogP contribution in [0.2, 0.25) is 0 Å². The first-order chi connectivity index (χ1) is 23.7. The number of carbonyl (C=O) groups is 1. The summed E-state index contributed by atoms with van der Waals surface area (Å²) in [6.07, 6.45) is 9.74. The molecule has 0 radical (unpaired) electrons. The van der Waals surface area contributed by atoms with Gasteiger partial charge in [-0.25, -0.2) is 0 Å². The number of hydrogen-bond donors (Lipinski definition) is 2. The third-order valence-electron chi connectivity index (χ3n) is 9.29. The Morgan fingerprint density at radius 3 is 2.24 bits per heavy atom. The van der Waals surface area contributed by atoms with Crippen molar-refractivity contribution in [3.05, 3.63) is 52.4 Å². The molecule has 1 fully saturated rings. The number of nitrogens with zero attached hydrogens (tertiary/aromatic N) is 3. The molecule has 0 saturated carbocycles. The van der Waals surface area contributed by atoms with Gasteiger partial charge in [0.25, 0.3) is 0 Å². The van der Waals surface area contributed by atoms with Crippen molar-refractivity contribution < 1.29 is 22.7 Å². The van der Waals surface area contributed by atoms with Crippen LogP contribution in [0.1, 0.15) is 123 Å². The van der Waals surface area contributed by atoms with Crippen LogP contribution in [0.4, 0.5) is 13.2 Å². The molecular formula is C40H66F3N5O2. The molecule has 1 amide bonds. The zero-order chi connectivity index (χ0) is 37.9. The number of hydrogen-bond acceptors (Lipinski definition) is 5. The van der Waals surface area contributed by atoms with Crippen LogP contribution in [0, 0.1) is 24.2 Å². The van der Waals surface area contributed by atoms with Gasteiger partial charge in [-0.15, -0.1) is 0 Å². The summed E-state index contributed by atoms with van der Waals surface area (Å²) in [6.45, 7) is 19.7. The monoisotopic (exact) mass is 706 g/mol. The smallest absolute Gasteiger partial charge is 0.381 e. The van der Waals surface area contributed by atoms with E-state index in [0.29, 0.717) is 29.3 Å². The maximum atomic E-state index is 13.4. The zero-order valence-electron chi connectivity index (χ0n) is 32.6. The second-order valence-corrected chi connectivity index (χ2v) is 13.9. The van der Waals surface area contributed by atoms with Gasteiger partial charge in [-0.3, -0.25) is 9.48 Å². The van der Waals surface area contributed by atoms with Crippen LogP contribution < -0.4 is 5.32 Å². The Morgan fingerprint density at radius 1 is 1.10 bits per heavy atom. The van der Waals surface area contributed by atoms with E-state index >= 15 is 0 Å². The Balaban J connectivity index is 0.000000395. The summed E-state index contributed by atoms with van der Waals surface area (Å²) in [5.41, 5.74) is 4.89. The van der Waals surface area contributed by atoms with Crippen molar-refractivity contribution in [3.63, 3.8) is 0 Å². The van der Waals surface area contributed by atoms with Gasteiger partial charge in [0.15, 0.2) is 0 Å². The van der Waals surface area contributed by atoms with Crippen molar-refractivity contribution in [2.75, 3.05) is 40.4 Å².